The Hall–Kier alpha value is -2.08. The zero-order valence-electron chi connectivity index (χ0n) is 14.1. The fourth-order valence-electron chi connectivity index (χ4n) is 2.52. The lowest BCUT2D eigenvalue weighted by molar-refractivity contribution is 0.0214. The molecule has 1 heterocycles. The summed E-state index contributed by atoms with van der Waals surface area (Å²) in [6, 6.07) is 11.7. The number of rotatable bonds is 11. The predicted octanol–water partition coefficient (Wildman–Crippen LogP) is 2.85. The van der Waals surface area contributed by atoms with Gasteiger partial charge in [0.15, 0.2) is 0 Å². The van der Waals surface area contributed by atoms with Crippen LogP contribution in [0.5, 0.6) is 5.75 Å². The molecule has 1 atom stereocenters. The van der Waals surface area contributed by atoms with Gasteiger partial charge in [-0.05, 0) is 18.2 Å². The van der Waals surface area contributed by atoms with Gasteiger partial charge in [-0.1, -0.05) is 24.3 Å². The molecule has 1 N–H and O–H groups in total. The van der Waals surface area contributed by atoms with Gasteiger partial charge < -0.3 is 19.0 Å². The van der Waals surface area contributed by atoms with Crippen molar-refractivity contribution < 1.29 is 19.0 Å². The Bertz CT molecular complexity index is 597. The molecule has 1 aromatic heterocycles. The largest absolute Gasteiger partial charge is 0.496 e. The smallest absolute Gasteiger partial charge is 0.123 e. The van der Waals surface area contributed by atoms with E-state index in [0.29, 0.717) is 26.2 Å². The van der Waals surface area contributed by atoms with E-state index in [1.54, 1.807) is 19.4 Å². The van der Waals surface area contributed by atoms with E-state index in [0.717, 1.165) is 17.1 Å². The highest BCUT2D eigenvalue weighted by Crippen LogP contribution is 2.20. The molecule has 1 unspecified atom stereocenters. The van der Waals surface area contributed by atoms with Gasteiger partial charge in [0, 0.05) is 18.7 Å². The van der Waals surface area contributed by atoms with Crippen LogP contribution in [0.25, 0.3) is 0 Å². The van der Waals surface area contributed by atoms with Gasteiger partial charge in [-0.25, -0.2) is 0 Å². The third kappa shape index (κ3) is 5.85. The molecule has 0 amide bonds. The van der Waals surface area contributed by atoms with Crippen LogP contribution < -0.4 is 4.74 Å². The normalized spacial score (nSPS) is 12.3. The second kappa shape index (κ2) is 9.93. The topological polar surface area (TPSA) is 55.1 Å². The van der Waals surface area contributed by atoms with Gasteiger partial charge in [0.2, 0.25) is 0 Å². The number of benzene rings is 1. The fraction of sp³-hybridized carbons (Fsp3) is 0.368. The molecule has 0 aliphatic carbocycles. The second-order valence-electron chi connectivity index (χ2n) is 5.54. The number of para-hydroxylation sites is 1. The zero-order chi connectivity index (χ0) is 17.2. The van der Waals surface area contributed by atoms with Gasteiger partial charge >= 0.3 is 0 Å². The standard InChI is InChI=1S/C19H25NO4/c1-3-10-23-15-17(21)13-20(14-18-8-6-11-24-18)12-16-7-4-5-9-19(16)22-2/h3-9,11,17,21H,1,10,12-15H2,2H3. The van der Waals surface area contributed by atoms with Crippen LogP contribution in [0, 0.1) is 0 Å². The Morgan fingerprint density at radius 2 is 2.08 bits per heavy atom. The molecule has 0 bridgehead atoms. The predicted molar refractivity (Wildman–Crippen MR) is 92.8 cm³/mol. The number of aliphatic hydroxyl groups is 1. The van der Waals surface area contributed by atoms with Gasteiger partial charge in [0.25, 0.3) is 0 Å². The van der Waals surface area contributed by atoms with Crippen molar-refractivity contribution in [2.75, 3.05) is 26.9 Å². The summed E-state index contributed by atoms with van der Waals surface area (Å²) in [5.74, 6) is 1.68. The third-order valence-electron chi connectivity index (χ3n) is 3.56. The fourth-order valence-corrected chi connectivity index (χ4v) is 2.52. The zero-order valence-corrected chi connectivity index (χ0v) is 14.1. The van der Waals surface area contributed by atoms with Crippen molar-refractivity contribution in [3.63, 3.8) is 0 Å². The summed E-state index contributed by atoms with van der Waals surface area (Å²) in [6.07, 6.45) is 2.73. The van der Waals surface area contributed by atoms with Crippen molar-refractivity contribution in [2.24, 2.45) is 0 Å². The number of hydrogen-bond donors (Lipinski definition) is 1. The van der Waals surface area contributed by atoms with Gasteiger partial charge in [-0.2, -0.15) is 0 Å². The molecule has 130 valence electrons. The van der Waals surface area contributed by atoms with E-state index in [1.165, 1.54) is 0 Å². The molecule has 0 aliphatic heterocycles. The molecule has 0 radical (unpaired) electrons. The highest BCUT2D eigenvalue weighted by molar-refractivity contribution is 5.33. The van der Waals surface area contributed by atoms with Crippen LogP contribution in [0.3, 0.4) is 0 Å². The van der Waals surface area contributed by atoms with E-state index in [2.05, 4.69) is 11.5 Å². The minimum Gasteiger partial charge on any atom is -0.496 e. The minimum absolute atomic E-state index is 0.270. The number of ether oxygens (including phenoxy) is 2. The Kier molecular flexibility index (Phi) is 7.55. The lowest BCUT2D eigenvalue weighted by atomic mass is 10.1. The van der Waals surface area contributed by atoms with E-state index >= 15 is 0 Å². The molecule has 5 nitrogen and oxygen atoms in total. The first-order valence-electron chi connectivity index (χ1n) is 7.96. The van der Waals surface area contributed by atoms with Gasteiger partial charge in [-0.3, -0.25) is 4.90 Å². The third-order valence-corrected chi connectivity index (χ3v) is 3.56. The van der Waals surface area contributed by atoms with Gasteiger partial charge in [0.05, 0.1) is 39.2 Å². The maximum Gasteiger partial charge on any atom is 0.123 e. The highest BCUT2D eigenvalue weighted by atomic mass is 16.5. The van der Waals surface area contributed by atoms with Crippen LogP contribution >= 0.6 is 0 Å². The SMILES string of the molecule is C=CCOCC(O)CN(Cc1ccco1)Cc1ccccc1OC. The number of hydrogen-bond acceptors (Lipinski definition) is 5. The summed E-state index contributed by atoms with van der Waals surface area (Å²) in [7, 11) is 1.66. The van der Waals surface area contributed by atoms with E-state index in [9.17, 15) is 5.11 Å². The second-order valence-corrected chi connectivity index (χ2v) is 5.54. The molecule has 1 aromatic carbocycles. The number of aliphatic hydroxyl groups excluding tert-OH is 1. The molecule has 0 saturated carbocycles. The number of nitrogens with zero attached hydrogens (tertiary/aromatic N) is 1. The molecule has 0 aliphatic rings. The summed E-state index contributed by atoms with van der Waals surface area (Å²) in [6.45, 7) is 6.01. The molecule has 0 saturated heterocycles. The van der Waals surface area contributed by atoms with Crippen molar-refractivity contribution in [2.45, 2.75) is 19.2 Å². The van der Waals surface area contributed by atoms with E-state index < -0.39 is 6.10 Å². The highest BCUT2D eigenvalue weighted by Gasteiger charge is 2.16. The summed E-state index contributed by atoms with van der Waals surface area (Å²) < 4.78 is 16.2. The average Bonchev–Trinajstić information content (AvgIpc) is 3.08. The van der Waals surface area contributed by atoms with Crippen LogP contribution in [0.2, 0.25) is 0 Å². The minimum atomic E-state index is -0.588. The first kappa shape index (κ1) is 18.3. The summed E-state index contributed by atoms with van der Waals surface area (Å²) in [5, 5.41) is 10.2. The van der Waals surface area contributed by atoms with Crippen LogP contribution in [0.1, 0.15) is 11.3 Å². The van der Waals surface area contributed by atoms with Crippen molar-refractivity contribution >= 4 is 0 Å². The van der Waals surface area contributed by atoms with Crippen LogP contribution in [-0.4, -0.2) is 43.0 Å². The van der Waals surface area contributed by atoms with Crippen molar-refractivity contribution in [1.29, 1.82) is 0 Å². The molecular formula is C19H25NO4. The van der Waals surface area contributed by atoms with Crippen LogP contribution in [0.15, 0.2) is 59.7 Å². The van der Waals surface area contributed by atoms with Crippen LogP contribution in [0.4, 0.5) is 0 Å². The molecule has 0 fully saturated rings. The maximum absolute atomic E-state index is 10.2. The van der Waals surface area contributed by atoms with E-state index in [4.69, 9.17) is 13.9 Å². The van der Waals surface area contributed by atoms with Crippen LogP contribution in [-0.2, 0) is 17.8 Å². The maximum atomic E-state index is 10.2. The summed E-state index contributed by atoms with van der Waals surface area (Å²) in [5.41, 5.74) is 1.06. The summed E-state index contributed by atoms with van der Waals surface area (Å²) in [4.78, 5) is 2.11. The first-order valence-corrected chi connectivity index (χ1v) is 7.96. The molecule has 5 heteroatoms. The van der Waals surface area contributed by atoms with Gasteiger partial charge in [0.1, 0.15) is 11.5 Å². The van der Waals surface area contributed by atoms with Crippen molar-refractivity contribution in [1.82, 2.24) is 4.90 Å². The summed E-state index contributed by atoms with van der Waals surface area (Å²) >= 11 is 0. The van der Waals surface area contributed by atoms with Crippen molar-refractivity contribution in [3.8, 4) is 5.75 Å². The Balaban J connectivity index is 2.03. The molecule has 24 heavy (non-hydrogen) atoms. The van der Waals surface area contributed by atoms with E-state index in [-0.39, 0.29) is 6.61 Å². The monoisotopic (exact) mass is 331 g/mol. The quantitative estimate of drug-likeness (QED) is 0.507. The first-order chi connectivity index (χ1) is 11.7. The molecule has 2 aromatic rings. The Morgan fingerprint density at radius 1 is 1.25 bits per heavy atom. The van der Waals surface area contributed by atoms with E-state index in [1.807, 2.05) is 36.4 Å². The lowest BCUT2D eigenvalue weighted by Crippen LogP contribution is -2.34. The number of furan rings is 1. The molecule has 0 spiro atoms. The molecule has 2 rings (SSSR count). The lowest BCUT2D eigenvalue weighted by Gasteiger charge is -2.25. The van der Waals surface area contributed by atoms with Crippen molar-refractivity contribution in [3.05, 3.63) is 66.6 Å². The number of methoxy groups -OCH3 is 1. The average molecular weight is 331 g/mol. The van der Waals surface area contributed by atoms with Gasteiger partial charge in [-0.15, -0.1) is 6.58 Å². The molecular weight excluding hydrogens is 306 g/mol. The Labute approximate surface area is 143 Å². The Morgan fingerprint density at radius 3 is 2.79 bits per heavy atom.